The minimum absolute atomic E-state index is 0.00546. The topological polar surface area (TPSA) is 71.4 Å². The van der Waals surface area contributed by atoms with Crippen LogP contribution in [0.5, 0.6) is 0 Å². The van der Waals surface area contributed by atoms with Crippen LogP contribution in [-0.2, 0) is 14.3 Å². The zero-order chi connectivity index (χ0) is 15.9. The van der Waals surface area contributed by atoms with Gasteiger partial charge < -0.3 is 14.8 Å². The first-order valence-corrected chi connectivity index (χ1v) is 6.93. The smallest absolute Gasteiger partial charge is 0.247 e. The molecule has 7 heteroatoms. The number of carbonyl (C=O) groups excluding carboxylic acids is 1. The Kier molecular flexibility index (Phi) is 5.81. The number of rotatable bonds is 6. The van der Waals surface area contributed by atoms with E-state index in [2.05, 4.69) is 5.32 Å². The van der Waals surface area contributed by atoms with Gasteiger partial charge in [-0.1, -0.05) is 6.07 Å². The van der Waals surface area contributed by atoms with Crippen LogP contribution in [0.1, 0.15) is 24.4 Å². The highest BCUT2D eigenvalue weighted by Gasteiger charge is 2.19. The van der Waals surface area contributed by atoms with Crippen molar-refractivity contribution in [2.24, 2.45) is 0 Å². The summed E-state index contributed by atoms with van der Waals surface area (Å²) in [6.07, 6.45) is 1.86. The molecule has 0 saturated carbocycles. The Balaban J connectivity index is 1.84. The molecule has 2 rings (SSSR count). The lowest BCUT2D eigenvalue weighted by atomic mass is 10.1. The number of carbonyl (C=O) groups is 1. The van der Waals surface area contributed by atoms with Gasteiger partial charge in [-0.15, -0.1) is 0 Å². The molecule has 0 radical (unpaired) electrons. The van der Waals surface area contributed by atoms with E-state index in [0.717, 1.165) is 25.0 Å². The van der Waals surface area contributed by atoms with Gasteiger partial charge in [-0.25, -0.2) is 8.78 Å². The summed E-state index contributed by atoms with van der Waals surface area (Å²) in [7, 11) is 0. The molecular formula is C15H16F2N2O3. The molecule has 118 valence electrons. The third-order valence-corrected chi connectivity index (χ3v) is 3.27. The van der Waals surface area contributed by atoms with Gasteiger partial charge in [-0.3, -0.25) is 4.79 Å². The molecule has 22 heavy (non-hydrogen) atoms. The molecule has 1 heterocycles. The number of benzene rings is 1. The first-order valence-electron chi connectivity index (χ1n) is 6.93. The van der Waals surface area contributed by atoms with Gasteiger partial charge in [-0.05, 0) is 18.9 Å². The Morgan fingerprint density at radius 2 is 2.36 bits per heavy atom. The van der Waals surface area contributed by atoms with E-state index >= 15 is 0 Å². The van der Waals surface area contributed by atoms with Crippen LogP contribution in [0.3, 0.4) is 0 Å². The lowest BCUT2D eigenvalue weighted by Crippen LogP contribution is -2.32. The maximum absolute atomic E-state index is 13.6. The number of amides is 1. The van der Waals surface area contributed by atoms with E-state index in [9.17, 15) is 13.6 Å². The first-order chi connectivity index (χ1) is 10.6. The number of nitriles is 1. The maximum atomic E-state index is 13.6. The van der Waals surface area contributed by atoms with Gasteiger partial charge in [0.15, 0.2) is 0 Å². The average molecular weight is 310 g/mol. The van der Waals surface area contributed by atoms with Crippen LogP contribution < -0.4 is 5.32 Å². The number of nitrogens with one attached hydrogen (secondary N) is 1. The van der Waals surface area contributed by atoms with Crippen LogP contribution in [0.15, 0.2) is 18.2 Å². The molecule has 1 N–H and O–H groups in total. The molecular weight excluding hydrogens is 294 g/mol. The first kappa shape index (κ1) is 16.3. The maximum Gasteiger partial charge on any atom is 0.247 e. The Hall–Kier alpha value is -2.04. The number of hydrogen-bond acceptors (Lipinski definition) is 4. The average Bonchev–Trinajstić information content (AvgIpc) is 2.98. The highest BCUT2D eigenvalue weighted by molar-refractivity contribution is 5.78. The molecule has 0 aliphatic carbocycles. The molecule has 0 spiro atoms. The fourth-order valence-electron chi connectivity index (χ4n) is 2.18. The second kappa shape index (κ2) is 7.82. The fourth-order valence-corrected chi connectivity index (χ4v) is 2.18. The zero-order valence-electron chi connectivity index (χ0n) is 11.9. The predicted molar refractivity (Wildman–Crippen MR) is 72.6 cm³/mol. The molecule has 1 saturated heterocycles. The summed E-state index contributed by atoms with van der Waals surface area (Å²) in [4.78, 5) is 11.7. The summed E-state index contributed by atoms with van der Waals surface area (Å²) < 4.78 is 37.0. The van der Waals surface area contributed by atoms with Crippen LogP contribution in [0, 0.1) is 23.0 Å². The second-order valence-electron chi connectivity index (χ2n) is 4.95. The lowest BCUT2D eigenvalue weighted by molar-refractivity contribution is -0.127. The number of halogens is 2. The third kappa shape index (κ3) is 4.48. The molecule has 1 aliphatic rings. The van der Waals surface area contributed by atoms with E-state index in [1.54, 1.807) is 6.07 Å². The summed E-state index contributed by atoms with van der Waals surface area (Å²) in [5, 5.41) is 11.4. The standard InChI is InChI=1S/C15H16F2N2O3/c16-10-3-4-12(13(17)6-10)14(7-18)19-15(20)9-21-8-11-2-1-5-22-11/h3-4,6,11,14H,1-2,5,8-9H2,(H,19,20)/t11-,14+/m1/s1. The van der Waals surface area contributed by atoms with Crippen LogP contribution in [-0.4, -0.2) is 31.8 Å². The van der Waals surface area contributed by atoms with Gasteiger partial charge in [0.1, 0.15) is 24.3 Å². The van der Waals surface area contributed by atoms with Crippen molar-refractivity contribution in [1.29, 1.82) is 5.26 Å². The van der Waals surface area contributed by atoms with Crippen molar-refractivity contribution < 1.29 is 23.0 Å². The SMILES string of the molecule is N#C[C@H](NC(=O)COC[C@H]1CCCO1)c1ccc(F)cc1F. The van der Waals surface area contributed by atoms with Crippen molar-refractivity contribution in [3.63, 3.8) is 0 Å². The van der Waals surface area contributed by atoms with Crippen LogP contribution in [0.25, 0.3) is 0 Å². The van der Waals surface area contributed by atoms with E-state index < -0.39 is 23.6 Å². The summed E-state index contributed by atoms with van der Waals surface area (Å²) in [6.45, 7) is 0.747. The summed E-state index contributed by atoms with van der Waals surface area (Å²) in [5.41, 5.74) is -0.0867. The monoisotopic (exact) mass is 310 g/mol. The lowest BCUT2D eigenvalue weighted by Gasteiger charge is -2.14. The van der Waals surface area contributed by atoms with E-state index in [1.165, 1.54) is 0 Å². The number of hydrogen-bond donors (Lipinski definition) is 1. The number of nitrogens with zero attached hydrogens (tertiary/aromatic N) is 1. The normalized spacial score (nSPS) is 18.7. The third-order valence-electron chi connectivity index (χ3n) is 3.27. The van der Waals surface area contributed by atoms with E-state index in [0.29, 0.717) is 19.3 Å². The van der Waals surface area contributed by atoms with Crippen molar-refractivity contribution in [2.75, 3.05) is 19.8 Å². The quantitative estimate of drug-likeness (QED) is 0.870. The molecule has 0 aromatic heterocycles. The molecule has 1 aromatic rings. The minimum atomic E-state index is -1.19. The molecule has 0 unspecified atom stereocenters. The minimum Gasteiger partial charge on any atom is -0.376 e. The van der Waals surface area contributed by atoms with E-state index in [1.807, 2.05) is 0 Å². The van der Waals surface area contributed by atoms with Crippen LogP contribution in [0.2, 0.25) is 0 Å². The van der Waals surface area contributed by atoms with Crippen molar-refractivity contribution in [3.05, 3.63) is 35.4 Å². The van der Waals surface area contributed by atoms with Gasteiger partial charge in [0.2, 0.25) is 5.91 Å². The summed E-state index contributed by atoms with van der Waals surface area (Å²) >= 11 is 0. The summed E-state index contributed by atoms with van der Waals surface area (Å²) in [6, 6.07) is 3.40. The zero-order valence-corrected chi connectivity index (χ0v) is 11.9. The van der Waals surface area contributed by atoms with Crippen molar-refractivity contribution in [3.8, 4) is 6.07 Å². The fraction of sp³-hybridized carbons (Fsp3) is 0.467. The molecule has 5 nitrogen and oxygen atoms in total. The van der Waals surface area contributed by atoms with Gasteiger partial charge in [0.25, 0.3) is 0 Å². The molecule has 1 fully saturated rings. The van der Waals surface area contributed by atoms with Gasteiger partial charge >= 0.3 is 0 Å². The van der Waals surface area contributed by atoms with Gasteiger partial charge in [-0.2, -0.15) is 5.26 Å². The second-order valence-corrected chi connectivity index (χ2v) is 4.95. The van der Waals surface area contributed by atoms with Crippen molar-refractivity contribution in [1.82, 2.24) is 5.32 Å². The molecule has 1 aliphatic heterocycles. The van der Waals surface area contributed by atoms with E-state index in [-0.39, 0.29) is 18.3 Å². The van der Waals surface area contributed by atoms with Crippen molar-refractivity contribution in [2.45, 2.75) is 25.0 Å². The predicted octanol–water partition coefficient (Wildman–Crippen LogP) is 1.84. The molecule has 1 amide bonds. The molecule has 0 bridgehead atoms. The van der Waals surface area contributed by atoms with Gasteiger partial charge in [0, 0.05) is 18.2 Å². The Bertz CT molecular complexity index is 568. The largest absolute Gasteiger partial charge is 0.376 e. The molecule has 1 aromatic carbocycles. The van der Waals surface area contributed by atoms with Gasteiger partial charge in [0.05, 0.1) is 18.8 Å². The highest BCUT2D eigenvalue weighted by Crippen LogP contribution is 2.17. The Morgan fingerprint density at radius 1 is 1.55 bits per heavy atom. The van der Waals surface area contributed by atoms with Crippen molar-refractivity contribution >= 4 is 5.91 Å². The van der Waals surface area contributed by atoms with Crippen LogP contribution >= 0.6 is 0 Å². The summed E-state index contributed by atoms with van der Waals surface area (Å²) in [5.74, 6) is -2.18. The Labute approximate surface area is 126 Å². The van der Waals surface area contributed by atoms with Crippen LogP contribution in [0.4, 0.5) is 8.78 Å². The Morgan fingerprint density at radius 3 is 3.00 bits per heavy atom. The van der Waals surface area contributed by atoms with E-state index in [4.69, 9.17) is 14.7 Å². The number of ether oxygens (including phenoxy) is 2. The molecule has 2 atom stereocenters. The highest BCUT2D eigenvalue weighted by atomic mass is 19.1.